The van der Waals surface area contributed by atoms with Crippen molar-refractivity contribution in [3.05, 3.63) is 51.5 Å². The van der Waals surface area contributed by atoms with Gasteiger partial charge in [-0.3, -0.25) is 4.31 Å². The van der Waals surface area contributed by atoms with Crippen LogP contribution in [-0.4, -0.2) is 28.6 Å². The van der Waals surface area contributed by atoms with Gasteiger partial charge in [-0.2, -0.15) is 0 Å². The Hall–Kier alpha value is -1.53. The molecule has 24 heavy (non-hydrogen) atoms. The summed E-state index contributed by atoms with van der Waals surface area (Å²) in [6.07, 6.45) is 0. The van der Waals surface area contributed by atoms with Gasteiger partial charge in [0.05, 0.1) is 22.8 Å². The monoisotopic (exact) mass is 408 g/mol. The Morgan fingerprint density at radius 3 is 2.38 bits per heavy atom. The number of sulfonamides is 1. The minimum absolute atomic E-state index is 0.363. The topological polar surface area (TPSA) is 40.6 Å². The first-order chi connectivity index (χ1) is 11.2. The third-order valence-electron chi connectivity index (χ3n) is 4.68. The molecule has 0 spiro atoms. The minimum Gasteiger partial charge on any atom is -0.371 e. The van der Waals surface area contributed by atoms with E-state index < -0.39 is 10.0 Å². The van der Waals surface area contributed by atoms with Crippen LogP contribution in [0.4, 0.5) is 11.4 Å². The maximum absolute atomic E-state index is 13.3. The Kier molecular flexibility index (Phi) is 4.38. The van der Waals surface area contributed by atoms with Gasteiger partial charge in [-0.05, 0) is 61.7 Å². The average molecular weight is 409 g/mol. The highest BCUT2D eigenvalue weighted by atomic mass is 79.9. The van der Waals surface area contributed by atoms with E-state index in [-0.39, 0.29) is 0 Å². The molecule has 128 valence electrons. The molecule has 0 aliphatic carbocycles. The summed E-state index contributed by atoms with van der Waals surface area (Å²) in [7, 11) is -1.60. The van der Waals surface area contributed by atoms with Crippen LogP contribution in [0.25, 0.3) is 0 Å². The summed E-state index contributed by atoms with van der Waals surface area (Å²) < 4.78 is 29.1. The molecule has 2 aromatic rings. The lowest BCUT2D eigenvalue weighted by Gasteiger charge is -2.38. The largest absolute Gasteiger partial charge is 0.371 e. The molecule has 1 aliphatic heterocycles. The number of anilines is 2. The van der Waals surface area contributed by atoms with Gasteiger partial charge in [0.15, 0.2) is 0 Å². The summed E-state index contributed by atoms with van der Waals surface area (Å²) in [4.78, 5) is 2.48. The molecule has 0 unspecified atom stereocenters. The zero-order valence-electron chi connectivity index (χ0n) is 14.3. The van der Waals surface area contributed by atoms with Crippen LogP contribution in [0.15, 0.2) is 39.7 Å². The molecule has 0 atom stereocenters. The fourth-order valence-corrected chi connectivity index (χ4v) is 5.36. The van der Waals surface area contributed by atoms with E-state index in [9.17, 15) is 8.42 Å². The van der Waals surface area contributed by atoms with E-state index in [1.54, 1.807) is 16.4 Å². The highest BCUT2D eigenvalue weighted by Crippen LogP contribution is 2.40. The Morgan fingerprint density at radius 2 is 1.71 bits per heavy atom. The van der Waals surface area contributed by atoms with Crippen molar-refractivity contribution in [1.29, 1.82) is 0 Å². The molecule has 0 bridgehead atoms. The first-order valence-electron chi connectivity index (χ1n) is 7.83. The first kappa shape index (κ1) is 17.3. The molecule has 6 heteroatoms. The van der Waals surface area contributed by atoms with Crippen LogP contribution >= 0.6 is 15.9 Å². The maximum atomic E-state index is 13.3. The Morgan fingerprint density at radius 1 is 1.00 bits per heavy atom. The molecule has 4 nitrogen and oxygen atoms in total. The van der Waals surface area contributed by atoms with E-state index in [1.807, 2.05) is 46.0 Å². The Labute approximate surface area is 152 Å². The second kappa shape index (κ2) is 6.08. The number of likely N-dealkylation sites (N-methyl/N-ethyl adjacent to an activating group) is 1. The fraction of sp³-hybridized carbons (Fsp3) is 0.333. The van der Waals surface area contributed by atoms with Crippen molar-refractivity contribution in [2.45, 2.75) is 25.7 Å². The van der Waals surface area contributed by atoms with Crippen LogP contribution in [0.2, 0.25) is 0 Å². The zero-order chi connectivity index (χ0) is 17.6. The summed E-state index contributed by atoms with van der Waals surface area (Å²) in [5.74, 6) is 0. The van der Waals surface area contributed by atoms with Crippen LogP contribution in [0, 0.1) is 20.8 Å². The average Bonchev–Trinajstić information content (AvgIpc) is 2.50. The van der Waals surface area contributed by atoms with Crippen LogP contribution in [-0.2, 0) is 10.0 Å². The van der Waals surface area contributed by atoms with Gasteiger partial charge in [0.1, 0.15) is 0 Å². The van der Waals surface area contributed by atoms with Crippen LogP contribution < -0.4 is 9.21 Å². The number of halogens is 1. The Balaban J connectivity index is 2.21. The molecule has 2 aromatic carbocycles. The quantitative estimate of drug-likeness (QED) is 0.753. The number of benzene rings is 2. The second-order valence-corrected chi connectivity index (χ2v) is 9.03. The van der Waals surface area contributed by atoms with E-state index in [2.05, 4.69) is 20.8 Å². The van der Waals surface area contributed by atoms with Crippen molar-refractivity contribution in [3.8, 4) is 0 Å². The van der Waals surface area contributed by atoms with Gasteiger partial charge in [0, 0.05) is 18.1 Å². The summed E-state index contributed by atoms with van der Waals surface area (Å²) in [6, 6.07) is 9.35. The summed E-state index contributed by atoms with van der Waals surface area (Å²) >= 11 is 3.40. The maximum Gasteiger partial charge on any atom is 0.264 e. The lowest BCUT2D eigenvalue weighted by molar-refractivity contribution is 0.588. The van der Waals surface area contributed by atoms with Crippen LogP contribution in [0.5, 0.6) is 0 Å². The minimum atomic E-state index is -3.60. The van der Waals surface area contributed by atoms with Gasteiger partial charge < -0.3 is 4.90 Å². The summed E-state index contributed by atoms with van der Waals surface area (Å²) in [5, 5.41) is 0. The van der Waals surface area contributed by atoms with Gasteiger partial charge in [0.2, 0.25) is 0 Å². The predicted octanol–water partition coefficient (Wildman–Crippen LogP) is 4.02. The van der Waals surface area contributed by atoms with Crippen molar-refractivity contribution in [1.82, 2.24) is 0 Å². The smallest absolute Gasteiger partial charge is 0.264 e. The number of hydrogen-bond acceptors (Lipinski definition) is 3. The lowest BCUT2D eigenvalue weighted by Crippen LogP contribution is -2.43. The molecule has 3 rings (SSSR count). The number of fused-ring (bicyclic) bond motifs is 1. The van der Waals surface area contributed by atoms with Gasteiger partial charge in [-0.25, -0.2) is 8.42 Å². The molecular formula is C18H21BrN2O2S. The highest BCUT2D eigenvalue weighted by Gasteiger charge is 2.33. The molecule has 1 heterocycles. The number of hydrogen-bond donors (Lipinski definition) is 0. The fourth-order valence-electron chi connectivity index (χ4n) is 3.14. The number of rotatable bonds is 2. The van der Waals surface area contributed by atoms with E-state index in [4.69, 9.17) is 0 Å². The summed E-state index contributed by atoms with van der Waals surface area (Å²) in [5.41, 5.74) is 4.61. The first-order valence-corrected chi connectivity index (χ1v) is 10.1. The predicted molar refractivity (Wildman–Crippen MR) is 103 cm³/mol. The van der Waals surface area contributed by atoms with E-state index in [0.29, 0.717) is 18.0 Å². The van der Waals surface area contributed by atoms with Crippen molar-refractivity contribution >= 4 is 37.3 Å². The second-order valence-electron chi connectivity index (χ2n) is 6.28. The van der Waals surface area contributed by atoms with Crippen LogP contribution in [0.1, 0.15) is 16.7 Å². The molecule has 0 N–H and O–H groups in total. The van der Waals surface area contributed by atoms with Gasteiger partial charge >= 0.3 is 0 Å². The van der Waals surface area contributed by atoms with E-state index in [1.165, 1.54) is 0 Å². The SMILES string of the molecule is Cc1cc(Br)ccc1S(=O)(=O)N1CCN(C)c2ccc(C)c(C)c21. The highest BCUT2D eigenvalue weighted by molar-refractivity contribution is 9.10. The third kappa shape index (κ3) is 2.71. The molecule has 0 aromatic heterocycles. The number of aryl methyl sites for hydroxylation is 2. The molecule has 0 saturated heterocycles. The molecule has 1 aliphatic rings. The van der Waals surface area contributed by atoms with Crippen molar-refractivity contribution in [2.24, 2.45) is 0 Å². The lowest BCUT2D eigenvalue weighted by atomic mass is 10.0. The molecule has 0 fully saturated rings. The summed E-state index contributed by atoms with van der Waals surface area (Å²) in [6.45, 7) is 6.96. The van der Waals surface area contributed by atoms with Gasteiger partial charge in [0.25, 0.3) is 10.0 Å². The van der Waals surface area contributed by atoms with Gasteiger partial charge in [-0.15, -0.1) is 0 Å². The van der Waals surface area contributed by atoms with E-state index in [0.717, 1.165) is 32.5 Å². The molecular weight excluding hydrogens is 388 g/mol. The normalized spacial score (nSPS) is 14.7. The standard InChI is InChI=1S/C18H21BrN2O2S/c1-12-5-7-16-18(14(12)3)21(10-9-20(16)4)24(22,23)17-8-6-15(19)11-13(17)2/h5-8,11H,9-10H2,1-4H3. The van der Waals surface area contributed by atoms with Gasteiger partial charge in [-0.1, -0.05) is 22.0 Å². The van der Waals surface area contributed by atoms with Crippen molar-refractivity contribution in [2.75, 3.05) is 29.3 Å². The van der Waals surface area contributed by atoms with E-state index >= 15 is 0 Å². The molecule has 0 radical (unpaired) electrons. The molecule has 0 amide bonds. The zero-order valence-corrected chi connectivity index (χ0v) is 16.7. The van der Waals surface area contributed by atoms with Crippen molar-refractivity contribution < 1.29 is 8.42 Å². The van der Waals surface area contributed by atoms with Crippen LogP contribution in [0.3, 0.4) is 0 Å². The third-order valence-corrected chi connectivity index (χ3v) is 7.14. The Bertz CT molecular complexity index is 909. The number of nitrogens with zero attached hydrogens (tertiary/aromatic N) is 2. The molecule has 0 saturated carbocycles. The van der Waals surface area contributed by atoms with Crippen molar-refractivity contribution in [3.63, 3.8) is 0 Å².